The normalized spacial score (nSPS) is 17.1. The molecule has 1 aromatic carbocycles. The van der Waals surface area contributed by atoms with E-state index in [4.69, 9.17) is 5.26 Å². The zero-order valence-electron chi connectivity index (χ0n) is 11.7. The van der Waals surface area contributed by atoms with Crippen LogP contribution in [0.25, 0.3) is 0 Å². The standard InChI is InChI=1S/C15H14N4O2S/c16-8-11-3-4-15-12(6-11)7-13(9-18-15)19-22(20,21)14-2-1-5-17-10-14/h1-6,10,13,18-19H,7,9H2. The predicted octanol–water partition coefficient (Wildman–Crippen LogP) is 1.27. The Kier molecular flexibility index (Phi) is 3.79. The first-order chi connectivity index (χ1) is 10.6. The van der Waals surface area contributed by atoms with Crippen LogP contribution in [-0.4, -0.2) is 26.0 Å². The fraction of sp³-hybridized carbons (Fsp3) is 0.200. The number of rotatable bonds is 3. The van der Waals surface area contributed by atoms with Crippen LogP contribution in [0.1, 0.15) is 11.1 Å². The number of pyridine rings is 1. The highest BCUT2D eigenvalue weighted by molar-refractivity contribution is 7.89. The van der Waals surface area contributed by atoms with E-state index in [1.54, 1.807) is 18.2 Å². The molecule has 0 bridgehead atoms. The summed E-state index contributed by atoms with van der Waals surface area (Å²) in [5.74, 6) is 0. The van der Waals surface area contributed by atoms with Gasteiger partial charge >= 0.3 is 0 Å². The SMILES string of the molecule is N#Cc1ccc2c(c1)CC(NS(=O)(=O)c1cccnc1)CN2. The topological polar surface area (TPSA) is 94.9 Å². The molecule has 2 aromatic rings. The van der Waals surface area contributed by atoms with E-state index >= 15 is 0 Å². The van der Waals surface area contributed by atoms with E-state index in [9.17, 15) is 8.42 Å². The molecule has 3 rings (SSSR count). The Bertz CT molecular complexity index is 828. The quantitative estimate of drug-likeness (QED) is 0.889. The van der Waals surface area contributed by atoms with Crippen LogP contribution in [0.3, 0.4) is 0 Å². The van der Waals surface area contributed by atoms with Crippen molar-refractivity contribution in [1.29, 1.82) is 5.26 Å². The summed E-state index contributed by atoms with van der Waals surface area (Å²) in [4.78, 5) is 3.98. The second-order valence-electron chi connectivity index (χ2n) is 5.08. The number of benzene rings is 1. The van der Waals surface area contributed by atoms with Gasteiger partial charge in [-0.1, -0.05) is 0 Å². The molecule has 1 unspecified atom stereocenters. The van der Waals surface area contributed by atoms with Crippen LogP contribution < -0.4 is 10.0 Å². The van der Waals surface area contributed by atoms with E-state index in [2.05, 4.69) is 21.1 Å². The van der Waals surface area contributed by atoms with E-state index < -0.39 is 10.0 Å². The van der Waals surface area contributed by atoms with Crippen molar-refractivity contribution in [2.75, 3.05) is 11.9 Å². The summed E-state index contributed by atoms with van der Waals surface area (Å²) >= 11 is 0. The maximum Gasteiger partial charge on any atom is 0.242 e. The van der Waals surface area contributed by atoms with Crippen LogP contribution >= 0.6 is 0 Å². The van der Waals surface area contributed by atoms with Crippen molar-refractivity contribution in [3.63, 3.8) is 0 Å². The monoisotopic (exact) mass is 314 g/mol. The molecule has 1 aliphatic rings. The molecule has 0 saturated heterocycles. The Balaban J connectivity index is 1.79. The van der Waals surface area contributed by atoms with E-state index in [1.165, 1.54) is 18.5 Å². The van der Waals surface area contributed by atoms with Crippen molar-refractivity contribution < 1.29 is 8.42 Å². The highest BCUT2D eigenvalue weighted by atomic mass is 32.2. The Hall–Kier alpha value is -2.43. The highest BCUT2D eigenvalue weighted by Gasteiger charge is 2.24. The molecule has 0 spiro atoms. The first-order valence-electron chi connectivity index (χ1n) is 6.78. The number of aromatic nitrogens is 1. The summed E-state index contributed by atoms with van der Waals surface area (Å²) in [6, 6.07) is 10.3. The molecule has 7 heteroatoms. The number of fused-ring (bicyclic) bond motifs is 1. The number of sulfonamides is 1. The van der Waals surface area contributed by atoms with Crippen LogP contribution in [0.15, 0.2) is 47.6 Å². The summed E-state index contributed by atoms with van der Waals surface area (Å²) < 4.78 is 27.3. The van der Waals surface area contributed by atoms with Gasteiger partial charge in [0.25, 0.3) is 0 Å². The Labute approximate surface area is 128 Å². The van der Waals surface area contributed by atoms with Crippen molar-refractivity contribution in [2.45, 2.75) is 17.4 Å². The molecule has 112 valence electrons. The predicted molar refractivity (Wildman–Crippen MR) is 81.7 cm³/mol. The van der Waals surface area contributed by atoms with Gasteiger partial charge in [-0.2, -0.15) is 5.26 Å². The molecule has 1 atom stereocenters. The van der Waals surface area contributed by atoms with E-state index in [1.807, 2.05) is 6.07 Å². The molecule has 0 aliphatic carbocycles. The molecule has 0 amide bonds. The van der Waals surface area contributed by atoms with Gasteiger partial charge in [0.15, 0.2) is 0 Å². The fourth-order valence-electron chi connectivity index (χ4n) is 2.45. The van der Waals surface area contributed by atoms with E-state index in [-0.39, 0.29) is 10.9 Å². The number of nitriles is 1. The number of anilines is 1. The fourth-order valence-corrected chi connectivity index (χ4v) is 3.65. The van der Waals surface area contributed by atoms with Gasteiger partial charge in [0.2, 0.25) is 10.0 Å². The number of nitrogens with zero attached hydrogens (tertiary/aromatic N) is 2. The van der Waals surface area contributed by atoms with Crippen molar-refractivity contribution in [1.82, 2.24) is 9.71 Å². The average Bonchev–Trinajstić information content (AvgIpc) is 2.54. The second-order valence-corrected chi connectivity index (χ2v) is 6.79. The largest absolute Gasteiger partial charge is 0.383 e. The van der Waals surface area contributed by atoms with Crippen LogP contribution in [0, 0.1) is 11.3 Å². The van der Waals surface area contributed by atoms with Crippen LogP contribution in [0.4, 0.5) is 5.69 Å². The number of hydrogen-bond acceptors (Lipinski definition) is 5. The molecule has 0 saturated carbocycles. The van der Waals surface area contributed by atoms with Crippen molar-refractivity contribution in [3.05, 3.63) is 53.9 Å². The van der Waals surface area contributed by atoms with Crippen LogP contribution in [0.5, 0.6) is 0 Å². The third kappa shape index (κ3) is 2.93. The maximum absolute atomic E-state index is 12.3. The Morgan fingerprint density at radius 1 is 1.36 bits per heavy atom. The summed E-state index contributed by atoms with van der Waals surface area (Å²) in [7, 11) is -3.60. The minimum atomic E-state index is -3.60. The lowest BCUT2D eigenvalue weighted by Gasteiger charge is -2.26. The van der Waals surface area contributed by atoms with E-state index in [0.717, 1.165) is 11.3 Å². The highest BCUT2D eigenvalue weighted by Crippen LogP contribution is 2.23. The molecule has 2 N–H and O–H groups in total. The smallest absolute Gasteiger partial charge is 0.242 e. The zero-order valence-corrected chi connectivity index (χ0v) is 12.5. The van der Waals surface area contributed by atoms with Crippen molar-refractivity contribution >= 4 is 15.7 Å². The first-order valence-corrected chi connectivity index (χ1v) is 8.26. The molecule has 0 radical (unpaired) electrons. The Morgan fingerprint density at radius 3 is 2.95 bits per heavy atom. The molecule has 1 aliphatic heterocycles. The van der Waals surface area contributed by atoms with Gasteiger partial charge in [-0.25, -0.2) is 13.1 Å². The molecular formula is C15H14N4O2S. The van der Waals surface area contributed by atoms with E-state index in [0.29, 0.717) is 18.5 Å². The number of hydrogen-bond donors (Lipinski definition) is 2. The molecule has 22 heavy (non-hydrogen) atoms. The maximum atomic E-state index is 12.3. The first kappa shape index (κ1) is 14.5. The van der Waals surface area contributed by atoms with Gasteiger partial charge in [-0.15, -0.1) is 0 Å². The molecule has 2 heterocycles. The summed E-state index contributed by atoms with van der Waals surface area (Å²) in [6.07, 6.45) is 3.39. The minimum absolute atomic E-state index is 0.145. The zero-order chi connectivity index (χ0) is 15.6. The van der Waals surface area contributed by atoms with Gasteiger partial charge in [0.1, 0.15) is 4.90 Å². The third-order valence-corrected chi connectivity index (χ3v) is 5.01. The number of nitrogens with one attached hydrogen (secondary N) is 2. The lowest BCUT2D eigenvalue weighted by atomic mass is 9.98. The summed E-state index contributed by atoms with van der Waals surface area (Å²) in [6.45, 7) is 0.498. The lowest BCUT2D eigenvalue weighted by molar-refractivity contribution is 0.548. The van der Waals surface area contributed by atoms with Crippen LogP contribution in [-0.2, 0) is 16.4 Å². The van der Waals surface area contributed by atoms with Crippen molar-refractivity contribution in [3.8, 4) is 6.07 Å². The molecular weight excluding hydrogens is 300 g/mol. The van der Waals surface area contributed by atoms with Gasteiger partial charge in [0.05, 0.1) is 11.6 Å². The molecule has 0 fully saturated rings. The van der Waals surface area contributed by atoms with Crippen molar-refractivity contribution in [2.24, 2.45) is 0 Å². The van der Waals surface area contributed by atoms with Gasteiger partial charge in [-0.05, 0) is 42.3 Å². The summed E-state index contributed by atoms with van der Waals surface area (Å²) in [5.41, 5.74) is 2.44. The molecule has 6 nitrogen and oxygen atoms in total. The Morgan fingerprint density at radius 2 is 2.23 bits per heavy atom. The average molecular weight is 314 g/mol. The third-order valence-electron chi connectivity index (χ3n) is 3.51. The lowest BCUT2D eigenvalue weighted by Crippen LogP contribution is -2.43. The second kappa shape index (κ2) is 5.75. The molecule has 1 aromatic heterocycles. The minimum Gasteiger partial charge on any atom is -0.383 e. The van der Waals surface area contributed by atoms with Crippen LogP contribution in [0.2, 0.25) is 0 Å². The van der Waals surface area contributed by atoms with Gasteiger partial charge in [-0.3, -0.25) is 4.98 Å². The summed E-state index contributed by atoms with van der Waals surface area (Å²) in [5, 5.41) is 12.1. The van der Waals surface area contributed by atoms with Gasteiger partial charge < -0.3 is 5.32 Å². The van der Waals surface area contributed by atoms with Gasteiger partial charge in [0, 0.05) is 30.7 Å².